The number of carbonyl (C=O) groups excluding carboxylic acids is 2. The molecule has 0 aliphatic heterocycles. The number of hydrogen-bond donors (Lipinski definition) is 2. The van der Waals surface area contributed by atoms with Gasteiger partial charge in [0.1, 0.15) is 11.9 Å². The van der Waals surface area contributed by atoms with Crippen molar-refractivity contribution in [1.29, 1.82) is 5.26 Å². The predicted molar refractivity (Wildman–Crippen MR) is 137 cm³/mol. The van der Waals surface area contributed by atoms with Crippen molar-refractivity contribution < 1.29 is 14.3 Å². The molecule has 1 aliphatic rings. The van der Waals surface area contributed by atoms with Crippen molar-refractivity contribution in [1.82, 2.24) is 14.5 Å². The summed E-state index contributed by atoms with van der Waals surface area (Å²) in [6.45, 7) is 3.59. The third kappa shape index (κ3) is 4.48. The van der Waals surface area contributed by atoms with Crippen LogP contribution in [0.25, 0.3) is 22.2 Å². The standard InChI is InChI=1S/C28H27N5O3/c1-17(2)36-28(35)32-20-9-6-18(7-10-20)27-23(16-29)22-11-8-19(25(34)15-26-30-12-13-31-26)14-24(22)33(27)21-4-3-5-21/h6-14,17,21H,3-5,15H2,1-2H3,(H,30,31)(H,32,35). The van der Waals surface area contributed by atoms with Gasteiger partial charge < -0.3 is 14.3 Å². The summed E-state index contributed by atoms with van der Waals surface area (Å²) in [5.74, 6) is 0.593. The summed E-state index contributed by atoms with van der Waals surface area (Å²) in [5.41, 5.74) is 4.39. The van der Waals surface area contributed by atoms with Crippen LogP contribution in [0, 0.1) is 11.3 Å². The number of ether oxygens (including phenoxy) is 1. The van der Waals surface area contributed by atoms with Crippen molar-refractivity contribution in [3.8, 4) is 17.3 Å². The molecule has 4 aromatic rings. The van der Waals surface area contributed by atoms with Gasteiger partial charge in [0.15, 0.2) is 5.78 Å². The van der Waals surface area contributed by atoms with Gasteiger partial charge in [0, 0.05) is 35.1 Å². The Kier molecular flexibility index (Phi) is 6.30. The van der Waals surface area contributed by atoms with Crippen molar-refractivity contribution in [3.63, 3.8) is 0 Å². The van der Waals surface area contributed by atoms with Crippen molar-refractivity contribution in [3.05, 3.63) is 71.8 Å². The molecule has 36 heavy (non-hydrogen) atoms. The van der Waals surface area contributed by atoms with Gasteiger partial charge in [-0.15, -0.1) is 0 Å². The first kappa shape index (κ1) is 23.4. The van der Waals surface area contributed by atoms with E-state index < -0.39 is 6.09 Å². The number of H-pyrrole nitrogens is 1. The normalized spacial score (nSPS) is 13.4. The van der Waals surface area contributed by atoms with E-state index >= 15 is 0 Å². The molecule has 2 aromatic carbocycles. The molecule has 1 aliphatic carbocycles. The van der Waals surface area contributed by atoms with Crippen LogP contribution in [0.15, 0.2) is 54.9 Å². The zero-order chi connectivity index (χ0) is 25.2. The van der Waals surface area contributed by atoms with Crippen molar-refractivity contribution in [2.75, 3.05) is 5.32 Å². The zero-order valence-corrected chi connectivity index (χ0v) is 20.2. The minimum Gasteiger partial charge on any atom is -0.447 e. The minimum atomic E-state index is -0.509. The summed E-state index contributed by atoms with van der Waals surface area (Å²) in [5, 5.41) is 13.7. The molecule has 0 saturated heterocycles. The minimum absolute atomic E-state index is 0.0306. The van der Waals surface area contributed by atoms with E-state index in [1.165, 1.54) is 0 Å². The average molecular weight is 482 g/mol. The predicted octanol–water partition coefficient (Wildman–Crippen LogP) is 6.01. The monoisotopic (exact) mass is 481 g/mol. The maximum Gasteiger partial charge on any atom is 0.411 e. The third-order valence-electron chi connectivity index (χ3n) is 6.51. The van der Waals surface area contributed by atoms with E-state index in [4.69, 9.17) is 4.74 Å². The van der Waals surface area contributed by atoms with Gasteiger partial charge in [0.25, 0.3) is 0 Å². The Bertz CT molecular complexity index is 1460. The van der Waals surface area contributed by atoms with Gasteiger partial charge in [-0.1, -0.05) is 24.3 Å². The van der Waals surface area contributed by atoms with Gasteiger partial charge >= 0.3 is 6.09 Å². The summed E-state index contributed by atoms with van der Waals surface area (Å²) in [6.07, 6.45) is 5.97. The molecule has 8 heteroatoms. The van der Waals surface area contributed by atoms with E-state index in [-0.39, 0.29) is 24.3 Å². The first-order valence-electron chi connectivity index (χ1n) is 12.1. The number of nitrogens with zero attached hydrogens (tertiary/aromatic N) is 3. The number of nitriles is 1. The topological polar surface area (TPSA) is 113 Å². The smallest absolute Gasteiger partial charge is 0.411 e. The fourth-order valence-corrected chi connectivity index (χ4v) is 4.63. The number of nitrogens with one attached hydrogen (secondary N) is 2. The number of rotatable bonds is 7. The van der Waals surface area contributed by atoms with Crippen LogP contribution in [0.2, 0.25) is 0 Å². The van der Waals surface area contributed by atoms with Crippen LogP contribution in [0.3, 0.4) is 0 Å². The van der Waals surface area contributed by atoms with Gasteiger partial charge in [-0.05, 0) is 56.9 Å². The average Bonchev–Trinajstić information content (AvgIpc) is 3.43. The molecular weight excluding hydrogens is 454 g/mol. The Labute approximate surface area is 208 Å². The second kappa shape index (κ2) is 9.70. The molecule has 2 N–H and O–H groups in total. The molecule has 1 saturated carbocycles. The highest BCUT2D eigenvalue weighted by atomic mass is 16.6. The second-order valence-corrected chi connectivity index (χ2v) is 9.31. The van der Waals surface area contributed by atoms with Gasteiger partial charge in [-0.3, -0.25) is 10.1 Å². The number of hydrogen-bond acceptors (Lipinski definition) is 5. The maximum atomic E-state index is 13.0. The maximum absolute atomic E-state index is 13.0. The Hall–Kier alpha value is -4.38. The summed E-state index contributed by atoms with van der Waals surface area (Å²) < 4.78 is 7.37. The van der Waals surface area contributed by atoms with E-state index in [1.807, 2.05) is 24.3 Å². The van der Waals surface area contributed by atoms with E-state index in [1.54, 1.807) is 44.4 Å². The van der Waals surface area contributed by atoms with E-state index in [0.29, 0.717) is 22.6 Å². The molecule has 8 nitrogen and oxygen atoms in total. The number of aromatic amines is 1. The number of carbonyl (C=O) groups is 2. The molecule has 2 aromatic heterocycles. The highest BCUT2D eigenvalue weighted by molar-refractivity contribution is 6.03. The summed E-state index contributed by atoms with van der Waals surface area (Å²) in [6, 6.07) is 15.6. The lowest BCUT2D eigenvalue weighted by Crippen LogP contribution is -2.18. The van der Waals surface area contributed by atoms with Crippen molar-refractivity contribution >= 4 is 28.5 Å². The van der Waals surface area contributed by atoms with Crippen LogP contribution in [-0.4, -0.2) is 32.5 Å². The molecule has 2 heterocycles. The lowest BCUT2D eigenvalue weighted by atomic mass is 9.92. The Morgan fingerprint density at radius 3 is 2.61 bits per heavy atom. The summed E-state index contributed by atoms with van der Waals surface area (Å²) in [7, 11) is 0. The number of fused-ring (bicyclic) bond motifs is 1. The van der Waals surface area contributed by atoms with Gasteiger partial charge in [-0.25, -0.2) is 9.78 Å². The van der Waals surface area contributed by atoms with Gasteiger partial charge in [0.2, 0.25) is 0 Å². The van der Waals surface area contributed by atoms with E-state index in [2.05, 4.69) is 25.9 Å². The third-order valence-corrected chi connectivity index (χ3v) is 6.51. The Morgan fingerprint density at radius 2 is 2.00 bits per heavy atom. The lowest BCUT2D eigenvalue weighted by molar-refractivity contribution is 0.0991. The number of ketones is 1. The number of anilines is 1. The highest BCUT2D eigenvalue weighted by Crippen LogP contribution is 2.43. The number of amides is 1. The first-order chi connectivity index (χ1) is 17.4. The SMILES string of the molecule is CC(C)OC(=O)Nc1ccc(-c2c(C#N)c3ccc(C(=O)Cc4ncc[nH]4)cc3n2C2CCC2)cc1. The van der Waals surface area contributed by atoms with Crippen LogP contribution < -0.4 is 5.32 Å². The quantitative estimate of drug-likeness (QED) is 0.314. The van der Waals surface area contributed by atoms with Crippen molar-refractivity contribution in [2.24, 2.45) is 0 Å². The zero-order valence-electron chi connectivity index (χ0n) is 20.2. The first-order valence-corrected chi connectivity index (χ1v) is 12.1. The molecule has 5 rings (SSSR count). The van der Waals surface area contributed by atoms with Gasteiger partial charge in [0.05, 0.1) is 29.3 Å². The summed E-state index contributed by atoms with van der Waals surface area (Å²) in [4.78, 5) is 32.1. The van der Waals surface area contributed by atoms with Crippen LogP contribution in [-0.2, 0) is 11.2 Å². The number of aromatic nitrogens is 3. The van der Waals surface area contributed by atoms with Crippen LogP contribution >= 0.6 is 0 Å². The van der Waals surface area contributed by atoms with Crippen LogP contribution in [0.1, 0.15) is 60.9 Å². The molecule has 182 valence electrons. The molecule has 0 atom stereocenters. The number of Topliss-reactive ketones (excluding diaryl/α,β-unsaturated/α-hetero) is 1. The van der Waals surface area contributed by atoms with Crippen LogP contribution in [0.5, 0.6) is 0 Å². The molecule has 1 fully saturated rings. The highest BCUT2D eigenvalue weighted by Gasteiger charge is 2.28. The molecular formula is C28H27N5O3. The number of imidazole rings is 1. The molecule has 0 radical (unpaired) electrons. The Balaban J connectivity index is 1.55. The van der Waals surface area contributed by atoms with Gasteiger partial charge in [-0.2, -0.15) is 5.26 Å². The fourth-order valence-electron chi connectivity index (χ4n) is 4.63. The lowest BCUT2D eigenvalue weighted by Gasteiger charge is -2.30. The molecule has 0 bridgehead atoms. The summed E-state index contributed by atoms with van der Waals surface area (Å²) >= 11 is 0. The second-order valence-electron chi connectivity index (χ2n) is 9.31. The Morgan fingerprint density at radius 1 is 1.22 bits per heavy atom. The molecule has 0 unspecified atom stereocenters. The molecule has 0 spiro atoms. The number of benzene rings is 2. The van der Waals surface area contributed by atoms with Crippen molar-refractivity contribution in [2.45, 2.75) is 51.7 Å². The largest absolute Gasteiger partial charge is 0.447 e. The van der Waals surface area contributed by atoms with E-state index in [0.717, 1.165) is 41.4 Å². The van der Waals surface area contributed by atoms with Crippen LogP contribution in [0.4, 0.5) is 10.5 Å². The van der Waals surface area contributed by atoms with E-state index in [9.17, 15) is 14.9 Å². The molecule has 1 amide bonds. The fraction of sp³-hybridized carbons (Fsp3) is 0.286.